The van der Waals surface area contributed by atoms with Crippen LogP contribution in [0.4, 0.5) is 0 Å². The molecule has 1 heterocycles. The molecule has 0 unspecified atom stereocenters. The van der Waals surface area contributed by atoms with E-state index in [0.717, 1.165) is 5.56 Å². The van der Waals surface area contributed by atoms with Gasteiger partial charge in [-0.1, -0.05) is 51.1 Å². The smallest absolute Gasteiger partial charge is 0.475 e. The summed E-state index contributed by atoms with van der Waals surface area (Å²) in [6.45, 7) is 5.44. The summed E-state index contributed by atoms with van der Waals surface area (Å²) in [5.41, 5.74) is 0.911. The van der Waals surface area contributed by atoms with Crippen LogP contribution in [0.25, 0.3) is 0 Å². The second kappa shape index (κ2) is 15.5. The highest BCUT2D eigenvalue weighted by Gasteiger charge is 2.39. The molecule has 38 heavy (non-hydrogen) atoms. The van der Waals surface area contributed by atoms with Crippen LogP contribution in [0, 0.1) is 5.92 Å². The number of hydrogen-bond acceptors (Lipinski definition) is 9. The summed E-state index contributed by atoms with van der Waals surface area (Å²) in [5.74, 6) is -2.59. The second-order valence-electron chi connectivity index (χ2n) is 9.28. The number of hydrogen-bond donors (Lipinski definition) is 2. The minimum Gasteiger partial charge on any atom is -0.518 e. The van der Waals surface area contributed by atoms with Gasteiger partial charge in [0.25, 0.3) is 11.9 Å². The molecular weight excluding hydrogens is 489 g/mol. The monoisotopic (exact) mass is 525 g/mol. The zero-order valence-corrected chi connectivity index (χ0v) is 22.5. The topological polar surface area (TPSA) is 140 Å². The summed E-state index contributed by atoms with van der Waals surface area (Å²) < 4.78 is 10.4. The van der Waals surface area contributed by atoms with Gasteiger partial charge in [-0.05, 0) is 24.9 Å². The van der Waals surface area contributed by atoms with E-state index in [1.54, 1.807) is 14.0 Å². The largest absolute Gasteiger partial charge is 0.518 e. The second-order valence-corrected chi connectivity index (χ2v) is 9.28. The van der Waals surface area contributed by atoms with Gasteiger partial charge in [-0.2, -0.15) is 0 Å². The fraction of sp³-hybridized carbons (Fsp3) is 0.462. The van der Waals surface area contributed by atoms with Crippen molar-refractivity contribution in [3.63, 3.8) is 0 Å². The molecule has 11 nitrogen and oxygen atoms in total. The average molecular weight is 525 g/mol. The number of likely N-dealkylation sites (N-methyl/N-ethyl adjacent to an activating group) is 1. The molecule has 204 valence electrons. The van der Waals surface area contributed by atoms with Crippen LogP contribution in [0.5, 0.6) is 0 Å². The van der Waals surface area contributed by atoms with E-state index in [1.165, 1.54) is 30.5 Å². The summed E-state index contributed by atoms with van der Waals surface area (Å²) in [6.07, 6.45) is 4.93. The number of benzene rings is 1. The Labute approximate surface area is 223 Å². The fourth-order valence-electron chi connectivity index (χ4n) is 3.80. The quantitative estimate of drug-likeness (QED) is 0.277. The number of methoxy groups -OCH3 is 1. The van der Waals surface area contributed by atoms with Gasteiger partial charge in [0.15, 0.2) is 0 Å². The van der Waals surface area contributed by atoms with Gasteiger partial charge >= 0.3 is 13.0 Å². The Morgan fingerprint density at radius 3 is 2.34 bits per heavy atom. The van der Waals surface area contributed by atoms with Crippen LogP contribution in [-0.2, 0) is 30.2 Å². The van der Waals surface area contributed by atoms with E-state index in [4.69, 9.17) is 9.39 Å². The number of rotatable bonds is 14. The Morgan fingerprint density at radius 1 is 1.05 bits per heavy atom. The van der Waals surface area contributed by atoms with Crippen molar-refractivity contribution in [3.05, 3.63) is 60.2 Å². The Morgan fingerprint density at radius 2 is 1.76 bits per heavy atom. The maximum Gasteiger partial charge on any atom is 0.475 e. The molecule has 0 aliphatic carbocycles. The Balaban J connectivity index is 2.35. The van der Waals surface area contributed by atoms with Gasteiger partial charge in [0.2, 0.25) is 5.91 Å². The molecule has 0 fully saturated rings. The molecule has 0 aliphatic rings. The lowest BCUT2D eigenvalue weighted by atomic mass is 9.67. The van der Waals surface area contributed by atoms with Crippen molar-refractivity contribution in [2.45, 2.75) is 52.0 Å². The van der Waals surface area contributed by atoms with Crippen molar-refractivity contribution in [2.24, 2.45) is 5.92 Å². The average Bonchev–Trinajstić information content (AvgIpc) is 2.91. The molecular formula is C26H36BN5O6. The lowest BCUT2D eigenvalue weighted by molar-refractivity contribution is -0.142. The highest BCUT2D eigenvalue weighted by molar-refractivity contribution is 6.53. The zero-order chi connectivity index (χ0) is 28.1. The summed E-state index contributed by atoms with van der Waals surface area (Å²) in [4.78, 5) is 60.2. The Hall–Kier alpha value is -3.80. The van der Waals surface area contributed by atoms with E-state index >= 15 is 0 Å². The molecule has 1 aromatic heterocycles. The normalized spacial score (nSPS) is 12.4. The molecule has 2 amide bonds. The van der Waals surface area contributed by atoms with Crippen molar-refractivity contribution in [1.82, 2.24) is 25.4 Å². The van der Waals surface area contributed by atoms with Gasteiger partial charge in [-0.15, -0.1) is 0 Å². The molecule has 0 saturated heterocycles. The molecule has 0 spiro atoms. The van der Waals surface area contributed by atoms with E-state index in [-0.39, 0.29) is 31.0 Å². The maximum absolute atomic E-state index is 13.7. The van der Waals surface area contributed by atoms with Gasteiger partial charge in [0.05, 0.1) is 25.8 Å². The predicted molar refractivity (Wildman–Crippen MR) is 142 cm³/mol. The summed E-state index contributed by atoms with van der Waals surface area (Å²) in [6, 6.07) is 8.30. The van der Waals surface area contributed by atoms with Crippen LogP contribution in [0.3, 0.4) is 0 Å². The fourth-order valence-corrected chi connectivity index (χ4v) is 3.80. The third kappa shape index (κ3) is 9.93. The van der Waals surface area contributed by atoms with Crippen LogP contribution >= 0.6 is 0 Å². The number of nitrogens with zero attached hydrogens (tertiary/aromatic N) is 3. The molecule has 2 N–H and O–H groups in total. The number of carbonyl (C=O) groups excluding carboxylic acids is 4. The lowest BCUT2D eigenvalue weighted by Gasteiger charge is -2.32. The number of amides is 2. The highest BCUT2D eigenvalue weighted by Crippen LogP contribution is 2.14. The Kier molecular flexibility index (Phi) is 12.4. The molecule has 12 heteroatoms. The van der Waals surface area contributed by atoms with Crippen LogP contribution in [0.2, 0.25) is 0 Å². The number of ether oxygens (including phenoxy) is 1. The number of aromatic nitrogens is 2. The first kappa shape index (κ1) is 30.4. The molecule has 2 atom stereocenters. The van der Waals surface area contributed by atoms with Gasteiger partial charge in [-0.25, -0.2) is 4.98 Å². The summed E-state index contributed by atoms with van der Waals surface area (Å²) in [5, 5.41) is 5.72. The van der Waals surface area contributed by atoms with Gasteiger partial charge in [0, 0.05) is 25.2 Å². The summed E-state index contributed by atoms with van der Waals surface area (Å²) >= 11 is 0. The van der Waals surface area contributed by atoms with E-state index in [1.807, 2.05) is 44.2 Å². The van der Waals surface area contributed by atoms with Gasteiger partial charge in [-0.3, -0.25) is 29.0 Å². The molecule has 0 radical (unpaired) electrons. The summed E-state index contributed by atoms with van der Waals surface area (Å²) in [7, 11) is 1.94. The van der Waals surface area contributed by atoms with E-state index in [9.17, 15) is 19.2 Å². The van der Waals surface area contributed by atoms with Crippen LogP contribution < -0.4 is 10.6 Å². The predicted octanol–water partition coefficient (Wildman–Crippen LogP) is 1.43. The number of esters is 1. The SMILES string of the molecule is CCC(=O)OB([C@H](CC(C)C)NC(=O)[C@H](Cc1ccccc1)NC(=O)c1cnccn1)N(C)CC(=O)OC. The molecule has 1 aromatic carbocycles. The van der Waals surface area contributed by atoms with Crippen molar-refractivity contribution in [1.29, 1.82) is 0 Å². The molecule has 2 aromatic rings. The van der Waals surface area contributed by atoms with E-state index in [0.29, 0.717) is 6.42 Å². The molecule has 0 saturated carbocycles. The van der Waals surface area contributed by atoms with Crippen molar-refractivity contribution in [3.8, 4) is 0 Å². The van der Waals surface area contributed by atoms with Gasteiger partial charge < -0.3 is 20.0 Å². The number of carbonyl (C=O) groups is 4. The lowest BCUT2D eigenvalue weighted by Crippen LogP contribution is -2.61. The van der Waals surface area contributed by atoms with Crippen molar-refractivity contribution in [2.75, 3.05) is 20.7 Å². The third-order valence-corrected chi connectivity index (χ3v) is 5.68. The molecule has 0 aliphatic heterocycles. The zero-order valence-electron chi connectivity index (χ0n) is 22.5. The van der Waals surface area contributed by atoms with Crippen LogP contribution in [0.15, 0.2) is 48.9 Å². The van der Waals surface area contributed by atoms with Gasteiger partial charge in [0.1, 0.15) is 11.7 Å². The minimum absolute atomic E-state index is 0.0738. The van der Waals surface area contributed by atoms with Crippen molar-refractivity contribution < 1.29 is 28.6 Å². The maximum atomic E-state index is 13.7. The van der Waals surface area contributed by atoms with Crippen LogP contribution in [0.1, 0.15) is 49.7 Å². The highest BCUT2D eigenvalue weighted by atomic mass is 16.5. The first-order valence-corrected chi connectivity index (χ1v) is 12.5. The first-order valence-electron chi connectivity index (χ1n) is 12.5. The minimum atomic E-state index is -0.963. The van der Waals surface area contributed by atoms with Crippen molar-refractivity contribution >= 4 is 30.8 Å². The third-order valence-electron chi connectivity index (χ3n) is 5.68. The molecule has 2 rings (SSSR count). The van der Waals surface area contributed by atoms with E-state index < -0.39 is 42.8 Å². The Bertz CT molecular complexity index is 1060. The standard InChI is InChI=1S/C26H36BN5O6/c1-6-23(33)38-27(32(4)17-24(34)37-5)22(14-18(2)3)31-25(35)20(15-19-10-8-7-9-11-19)30-26(36)21-16-28-12-13-29-21/h7-13,16,18,20,22H,6,14-15,17H2,1-5H3,(H,30,36)(H,31,35)/t20-,22-/m0/s1. The van der Waals surface area contributed by atoms with E-state index in [2.05, 4.69) is 20.6 Å². The van der Waals surface area contributed by atoms with Crippen LogP contribution in [-0.4, -0.2) is 78.3 Å². The number of nitrogens with one attached hydrogen (secondary N) is 2. The first-order chi connectivity index (χ1) is 18.1. The molecule has 0 bridgehead atoms.